The van der Waals surface area contributed by atoms with Crippen LogP contribution in [0, 0.1) is 0 Å². The van der Waals surface area contributed by atoms with Crippen LogP contribution in [0.25, 0.3) is 16.9 Å². The van der Waals surface area contributed by atoms with Crippen molar-refractivity contribution in [3.05, 3.63) is 96.2 Å². The summed E-state index contributed by atoms with van der Waals surface area (Å²) < 4.78 is 0. The minimum absolute atomic E-state index is 0.810. The number of aryl methyl sites for hydroxylation is 1. The predicted molar refractivity (Wildman–Crippen MR) is 112 cm³/mol. The van der Waals surface area contributed by atoms with Gasteiger partial charge in [-0.3, -0.25) is 5.43 Å². The first-order chi connectivity index (χ1) is 13.3. The molecule has 3 aromatic carbocycles. The maximum atomic E-state index is 5.98. The van der Waals surface area contributed by atoms with Gasteiger partial charge in [0.05, 0.1) is 11.9 Å². The zero-order valence-electron chi connectivity index (χ0n) is 15.6. The third kappa shape index (κ3) is 3.98. The van der Waals surface area contributed by atoms with Crippen LogP contribution in [0.5, 0.6) is 0 Å². The normalized spacial score (nSPS) is 13.1. The maximum Gasteiger partial charge on any atom is 0.182 e. The van der Waals surface area contributed by atoms with Crippen LogP contribution in [-0.4, -0.2) is 0 Å². The van der Waals surface area contributed by atoms with E-state index in [-0.39, 0.29) is 0 Å². The molecule has 1 aliphatic heterocycles. The fourth-order valence-corrected chi connectivity index (χ4v) is 3.17. The molecule has 3 aromatic rings. The Bertz CT molecular complexity index is 899. The summed E-state index contributed by atoms with van der Waals surface area (Å²) in [6, 6.07) is 27.3. The average Bonchev–Trinajstić information content (AvgIpc) is 3.24. The lowest BCUT2D eigenvalue weighted by atomic mass is 10.0. The van der Waals surface area contributed by atoms with E-state index in [1.807, 2.05) is 12.3 Å². The highest BCUT2D eigenvalue weighted by molar-refractivity contribution is 5.69. The van der Waals surface area contributed by atoms with Gasteiger partial charge in [0.25, 0.3) is 0 Å². The Morgan fingerprint density at radius 2 is 1.44 bits per heavy atom. The van der Waals surface area contributed by atoms with Crippen molar-refractivity contribution in [2.45, 2.75) is 26.2 Å². The van der Waals surface area contributed by atoms with Crippen LogP contribution in [-0.2, 0) is 11.3 Å². The summed E-state index contributed by atoms with van der Waals surface area (Å²) in [5.74, 6) is 0.810. The molecular weight excluding hydrogens is 332 g/mol. The van der Waals surface area contributed by atoms with Crippen LogP contribution in [0.1, 0.15) is 30.9 Å². The molecule has 136 valence electrons. The number of nitrogens with zero attached hydrogens (tertiary/aromatic N) is 1. The van der Waals surface area contributed by atoms with Crippen molar-refractivity contribution in [3.63, 3.8) is 0 Å². The van der Waals surface area contributed by atoms with Crippen LogP contribution in [0.3, 0.4) is 0 Å². The summed E-state index contributed by atoms with van der Waals surface area (Å²) in [5, 5.41) is 1.70. The summed E-state index contributed by atoms with van der Waals surface area (Å²) in [4.78, 5) is 5.98. The lowest BCUT2D eigenvalue weighted by Gasteiger charge is -2.18. The van der Waals surface area contributed by atoms with Crippen molar-refractivity contribution in [2.24, 2.45) is 0 Å². The maximum absolute atomic E-state index is 5.98. The highest BCUT2D eigenvalue weighted by atomic mass is 16.7. The first-order valence-corrected chi connectivity index (χ1v) is 9.53. The molecule has 0 unspecified atom stereocenters. The molecule has 0 fully saturated rings. The van der Waals surface area contributed by atoms with E-state index in [0.717, 1.165) is 23.4 Å². The van der Waals surface area contributed by atoms with E-state index in [1.165, 1.54) is 29.5 Å². The molecule has 0 radical (unpaired) electrons. The molecule has 0 saturated carbocycles. The Hall–Kier alpha value is -3.20. The van der Waals surface area contributed by atoms with Gasteiger partial charge in [-0.2, -0.15) is 0 Å². The van der Waals surface area contributed by atoms with Gasteiger partial charge in [0, 0.05) is 5.56 Å². The molecule has 4 rings (SSSR count). The molecule has 0 bridgehead atoms. The number of hydrogen-bond donors (Lipinski definition) is 1. The van der Waals surface area contributed by atoms with E-state index >= 15 is 0 Å². The molecule has 0 aromatic heterocycles. The number of nitrogens with one attached hydrogen (secondary N) is 1. The third-order valence-corrected chi connectivity index (χ3v) is 4.77. The Kier molecular flexibility index (Phi) is 5.10. The van der Waals surface area contributed by atoms with E-state index in [0.29, 0.717) is 0 Å². The Labute approximate surface area is 160 Å². The van der Waals surface area contributed by atoms with Crippen molar-refractivity contribution < 1.29 is 4.84 Å². The Morgan fingerprint density at radius 3 is 2.15 bits per heavy atom. The van der Waals surface area contributed by atoms with Crippen molar-refractivity contribution in [3.8, 4) is 11.1 Å². The van der Waals surface area contributed by atoms with E-state index in [4.69, 9.17) is 4.84 Å². The third-order valence-electron chi connectivity index (χ3n) is 4.77. The molecule has 0 aliphatic carbocycles. The number of benzene rings is 3. The van der Waals surface area contributed by atoms with Crippen LogP contribution < -0.4 is 10.6 Å². The fraction of sp³-hybridized carbons (Fsp3) is 0.167. The van der Waals surface area contributed by atoms with Gasteiger partial charge in [-0.15, -0.1) is 5.17 Å². The first kappa shape index (κ1) is 17.2. The molecule has 0 amide bonds. The second-order valence-corrected chi connectivity index (χ2v) is 6.74. The molecule has 3 nitrogen and oxygen atoms in total. The summed E-state index contributed by atoms with van der Waals surface area (Å²) in [7, 11) is 0. The Balaban J connectivity index is 1.42. The number of hydrogen-bond acceptors (Lipinski definition) is 3. The molecule has 0 saturated heterocycles. The molecule has 1 heterocycles. The van der Waals surface area contributed by atoms with Crippen molar-refractivity contribution >= 4 is 11.4 Å². The number of hydrazine groups is 1. The highest BCUT2D eigenvalue weighted by Crippen LogP contribution is 2.27. The molecular formula is C24H24N2O. The van der Waals surface area contributed by atoms with Gasteiger partial charge in [0.2, 0.25) is 0 Å². The number of anilines is 1. The summed E-state index contributed by atoms with van der Waals surface area (Å²) >= 11 is 0. The van der Waals surface area contributed by atoms with Crippen molar-refractivity contribution in [1.82, 2.24) is 5.43 Å². The molecule has 0 spiro atoms. The zero-order chi connectivity index (χ0) is 18.5. The summed E-state index contributed by atoms with van der Waals surface area (Å²) in [5.41, 5.74) is 8.99. The van der Waals surface area contributed by atoms with Gasteiger partial charge in [-0.25, -0.2) is 0 Å². The minimum atomic E-state index is 0.810. The van der Waals surface area contributed by atoms with Crippen LogP contribution in [0.15, 0.2) is 85.1 Å². The monoisotopic (exact) mass is 356 g/mol. The smallest absolute Gasteiger partial charge is 0.182 e. The quantitative estimate of drug-likeness (QED) is 0.590. The van der Waals surface area contributed by atoms with Gasteiger partial charge in [0.1, 0.15) is 0 Å². The average molecular weight is 356 g/mol. The van der Waals surface area contributed by atoms with Gasteiger partial charge >= 0.3 is 0 Å². The molecule has 0 atom stereocenters. The van der Waals surface area contributed by atoms with Crippen LogP contribution in [0.4, 0.5) is 5.69 Å². The van der Waals surface area contributed by atoms with Gasteiger partial charge in [-0.05, 0) is 41.7 Å². The largest absolute Gasteiger partial charge is 0.357 e. The lowest BCUT2D eigenvalue weighted by Crippen LogP contribution is -2.28. The predicted octanol–water partition coefficient (Wildman–Crippen LogP) is 5.95. The zero-order valence-corrected chi connectivity index (χ0v) is 15.6. The minimum Gasteiger partial charge on any atom is -0.357 e. The summed E-state index contributed by atoms with van der Waals surface area (Å²) in [6.45, 7) is 2.22. The van der Waals surface area contributed by atoms with E-state index in [1.54, 1.807) is 5.17 Å². The first-order valence-electron chi connectivity index (χ1n) is 9.53. The standard InChI is InChI=1S/C24H24N2O/c1-2-3-7-19-10-16-23(17-11-19)26-25-18-24(27-26)22-14-12-21(13-15-22)20-8-5-4-6-9-20/h4-6,8-18,25H,2-3,7H2,1H3. The topological polar surface area (TPSA) is 24.5 Å². The van der Waals surface area contributed by atoms with Crippen molar-refractivity contribution in [1.29, 1.82) is 0 Å². The van der Waals surface area contributed by atoms with Gasteiger partial charge < -0.3 is 4.84 Å². The molecule has 1 N–H and O–H groups in total. The highest BCUT2D eigenvalue weighted by Gasteiger charge is 2.17. The van der Waals surface area contributed by atoms with E-state index in [9.17, 15) is 0 Å². The van der Waals surface area contributed by atoms with Crippen molar-refractivity contribution in [2.75, 3.05) is 5.17 Å². The van der Waals surface area contributed by atoms with E-state index in [2.05, 4.69) is 85.1 Å². The van der Waals surface area contributed by atoms with Crippen LogP contribution >= 0.6 is 0 Å². The van der Waals surface area contributed by atoms with Crippen LogP contribution in [0.2, 0.25) is 0 Å². The molecule has 1 aliphatic rings. The van der Waals surface area contributed by atoms with Gasteiger partial charge in [-0.1, -0.05) is 80.1 Å². The fourth-order valence-electron chi connectivity index (χ4n) is 3.17. The molecule has 27 heavy (non-hydrogen) atoms. The summed E-state index contributed by atoms with van der Waals surface area (Å²) in [6.07, 6.45) is 5.46. The molecule has 3 heteroatoms. The lowest BCUT2D eigenvalue weighted by molar-refractivity contribution is 0.243. The second kappa shape index (κ2) is 8.00. The Morgan fingerprint density at radius 1 is 0.778 bits per heavy atom. The van der Waals surface area contributed by atoms with Gasteiger partial charge in [0.15, 0.2) is 5.76 Å². The number of unbranched alkanes of at least 4 members (excludes halogenated alkanes) is 1. The number of rotatable bonds is 6. The second-order valence-electron chi connectivity index (χ2n) is 6.74. The van der Waals surface area contributed by atoms with E-state index < -0.39 is 0 Å². The SMILES string of the molecule is CCCCc1ccc(N2NC=C(c3ccc(-c4ccccc4)cc3)O2)cc1.